The molecule has 7 heteroatoms. The van der Waals surface area contributed by atoms with E-state index < -0.39 is 4.92 Å². The monoisotopic (exact) mass is 350 g/mol. The number of hydrogen-bond acceptors (Lipinski definition) is 5. The molecule has 0 radical (unpaired) electrons. The summed E-state index contributed by atoms with van der Waals surface area (Å²) < 4.78 is 10.7. The van der Waals surface area contributed by atoms with Gasteiger partial charge in [0.25, 0.3) is 11.6 Å². The van der Waals surface area contributed by atoms with Gasteiger partial charge in [-0.25, -0.2) is 0 Å². The highest BCUT2D eigenvalue weighted by molar-refractivity contribution is 5.99. The van der Waals surface area contributed by atoms with Crippen molar-refractivity contribution in [3.63, 3.8) is 0 Å². The van der Waals surface area contributed by atoms with Crippen molar-refractivity contribution in [3.8, 4) is 11.5 Å². The van der Waals surface area contributed by atoms with Crippen molar-refractivity contribution < 1.29 is 19.2 Å². The van der Waals surface area contributed by atoms with Gasteiger partial charge in [-0.1, -0.05) is 13.8 Å². The first kappa shape index (κ1) is 19.0. The summed E-state index contributed by atoms with van der Waals surface area (Å²) in [5, 5.41) is 11.5. The first-order valence-electron chi connectivity index (χ1n) is 8.69. The van der Waals surface area contributed by atoms with Gasteiger partial charge >= 0.3 is 0 Å². The molecule has 0 N–H and O–H groups in total. The number of ether oxygens (including phenoxy) is 2. The average molecular weight is 350 g/mol. The summed E-state index contributed by atoms with van der Waals surface area (Å²) in [5.41, 5.74) is -0.189. The van der Waals surface area contributed by atoms with Crippen molar-refractivity contribution in [2.24, 2.45) is 5.92 Å². The van der Waals surface area contributed by atoms with Crippen LogP contribution in [-0.2, 0) is 0 Å². The fourth-order valence-electron chi connectivity index (χ4n) is 2.69. The van der Waals surface area contributed by atoms with E-state index in [-0.39, 0.29) is 28.9 Å². The third-order valence-corrected chi connectivity index (χ3v) is 4.20. The normalized spacial score (nSPS) is 13.6. The van der Waals surface area contributed by atoms with Gasteiger partial charge in [-0.15, -0.1) is 0 Å². The van der Waals surface area contributed by atoms with Gasteiger partial charge in [-0.2, -0.15) is 0 Å². The largest absolute Gasteiger partial charge is 0.493 e. The van der Waals surface area contributed by atoms with E-state index in [1.54, 1.807) is 4.90 Å². The lowest BCUT2D eigenvalue weighted by molar-refractivity contribution is -0.385. The van der Waals surface area contributed by atoms with E-state index in [0.717, 1.165) is 19.3 Å². The van der Waals surface area contributed by atoms with Crippen molar-refractivity contribution in [3.05, 3.63) is 27.8 Å². The number of carbonyl (C=O) groups is 1. The average Bonchev–Trinajstić information content (AvgIpc) is 3.39. The number of nitrogens with zero attached hydrogens (tertiary/aromatic N) is 2. The van der Waals surface area contributed by atoms with Gasteiger partial charge in [-0.3, -0.25) is 14.9 Å². The molecule has 0 unspecified atom stereocenters. The maximum atomic E-state index is 13.0. The zero-order valence-corrected chi connectivity index (χ0v) is 15.3. The molecule has 1 fully saturated rings. The van der Waals surface area contributed by atoms with E-state index in [9.17, 15) is 14.9 Å². The van der Waals surface area contributed by atoms with Crippen molar-refractivity contribution >= 4 is 11.6 Å². The fourth-order valence-corrected chi connectivity index (χ4v) is 2.69. The second-order valence-corrected chi connectivity index (χ2v) is 6.62. The lowest BCUT2D eigenvalue weighted by atomic mass is 10.1. The van der Waals surface area contributed by atoms with Crippen molar-refractivity contribution in [2.75, 3.05) is 20.3 Å². The number of benzene rings is 1. The highest BCUT2D eigenvalue weighted by Gasteiger charge is 2.36. The zero-order chi connectivity index (χ0) is 18.6. The fraction of sp³-hybridized carbons (Fsp3) is 0.611. The number of carbonyl (C=O) groups excluding carboxylic acids is 1. The molecule has 1 aliphatic rings. The zero-order valence-electron chi connectivity index (χ0n) is 15.3. The summed E-state index contributed by atoms with van der Waals surface area (Å²) in [7, 11) is 1.42. The Bertz CT molecular complexity index is 641. The maximum Gasteiger partial charge on any atom is 0.286 e. The maximum absolute atomic E-state index is 13.0. The molecule has 7 nitrogen and oxygen atoms in total. The van der Waals surface area contributed by atoms with Crippen LogP contribution in [0.2, 0.25) is 0 Å². The molecule has 138 valence electrons. The molecular formula is C18H26N2O5. The van der Waals surface area contributed by atoms with Gasteiger partial charge in [0, 0.05) is 18.7 Å². The van der Waals surface area contributed by atoms with E-state index in [0.29, 0.717) is 24.8 Å². The first-order valence-corrected chi connectivity index (χ1v) is 8.69. The molecule has 1 saturated carbocycles. The van der Waals surface area contributed by atoms with Gasteiger partial charge in [-0.05, 0) is 32.1 Å². The van der Waals surface area contributed by atoms with Crippen LogP contribution in [0.1, 0.15) is 50.4 Å². The van der Waals surface area contributed by atoms with Crippen LogP contribution in [-0.4, -0.2) is 42.0 Å². The third-order valence-electron chi connectivity index (χ3n) is 4.20. The predicted octanol–water partition coefficient (Wildman–Crippen LogP) is 3.65. The Kier molecular flexibility index (Phi) is 6.22. The van der Waals surface area contributed by atoms with Gasteiger partial charge in [0.2, 0.25) is 0 Å². The predicted molar refractivity (Wildman–Crippen MR) is 94.3 cm³/mol. The Morgan fingerprint density at radius 1 is 1.36 bits per heavy atom. The van der Waals surface area contributed by atoms with Gasteiger partial charge < -0.3 is 14.4 Å². The molecule has 25 heavy (non-hydrogen) atoms. The standard InChI is InChI=1S/C18H26N2O5/c1-5-25-17-10-14(15(20(22)23)11-16(17)24-4)18(21)19(13-6-7-13)9-8-12(2)3/h10-13H,5-9H2,1-4H3. The van der Waals surface area contributed by atoms with E-state index in [4.69, 9.17) is 9.47 Å². The summed E-state index contributed by atoms with van der Waals surface area (Å²) in [4.78, 5) is 25.7. The quantitative estimate of drug-likeness (QED) is 0.501. The molecular weight excluding hydrogens is 324 g/mol. The number of rotatable bonds is 9. The van der Waals surface area contributed by atoms with Crippen LogP contribution >= 0.6 is 0 Å². The third kappa shape index (κ3) is 4.61. The van der Waals surface area contributed by atoms with E-state index >= 15 is 0 Å². The van der Waals surface area contributed by atoms with Crippen LogP contribution in [0.25, 0.3) is 0 Å². The van der Waals surface area contributed by atoms with Crippen molar-refractivity contribution in [1.82, 2.24) is 4.90 Å². The molecule has 1 aromatic carbocycles. The Morgan fingerprint density at radius 3 is 2.52 bits per heavy atom. The summed E-state index contributed by atoms with van der Waals surface area (Å²) >= 11 is 0. The number of hydrogen-bond donors (Lipinski definition) is 0. The topological polar surface area (TPSA) is 81.9 Å². The number of methoxy groups -OCH3 is 1. The second kappa shape index (κ2) is 8.18. The number of nitro benzene ring substituents is 1. The first-order chi connectivity index (χ1) is 11.9. The van der Waals surface area contributed by atoms with Crippen molar-refractivity contribution in [2.45, 2.75) is 46.1 Å². The highest BCUT2D eigenvalue weighted by atomic mass is 16.6. The minimum atomic E-state index is -0.543. The lowest BCUT2D eigenvalue weighted by Gasteiger charge is -2.24. The van der Waals surface area contributed by atoms with Crippen LogP contribution in [0.15, 0.2) is 12.1 Å². The second-order valence-electron chi connectivity index (χ2n) is 6.62. The molecule has 1 aliphatic carbocycles. The Hall–Kier alpha value is -2.31. The Balaban J connectivity index is 2.41. The SMILES string of the molecule is CCOc1cc(C(=O)N(CCC(C)C)C2CC2)c([N+](=O)[O-])cc1OC. The highest BCUT2D eigenvalue weighted by Crippen LogP contribution is 2.37. The number of nitro groups is 1. The molecule has 0 aromatic heterocycles. The van der Waals surface area contributed by atoms with Crippen molar-refractivity contribution in [1.29, 1.82) is 0 Å². The molecule has 1 aromatic rings. The molecule has 0 aliphatic heterocycles. The minimum Gasteiger partial charge on any atom is -0.493 e. The van der Waals surface area contributed by atoms with E-state index in [1.807, 2.05) is 6.92 Å². The molecule has 1 amide bonds. The van der Waals surface area contributed by atoms with Crippen LogP contribution in [0.4, 0.5) is 5.69 Å². The number of amides is 1. The van der Waals surface area contributed by atoms with Gasteiger partial charge in [0.1, 0.15) is 5.56 Å². The lowest BCUT2D eigenvalue weighted by Crippen LogP contribution is -2.35. The summed E-state index contributed by atoms with van der Waals surface area (Å²) in [5.74, 6) is 0.751. The summed E-state index contributed by atoms with van der Waals surface area (Å²) in [6.45, 7) is 6.98. The molecule has 0 saturated heterocycles. The Morgan fingerprint density at radius 2 is 2.04 bits per heavy atom. The van der Waals surface area contributed by atoms with Crippen LogP contribution in [0.3, 0.4) is 0 Å². The molecule has 0 atom stereocenters. The molecule has 0 spiro atoms. The van der Waals surface area contributed by atoms with Crippen LogP contribution in [0.5, 0.6) is 11.5 Å². The van der Waals surface area contributed by atoms with Gasteiger partial charge in [0.05, 0.1) is 24.7 Å². The smallest absolute Gasteiger partial charge is 0.286 e. The van der Waals surface area contributed by atoms with Crippen LogP contribution < -0.4 is 9.47 Å². The summed E-state index contributed by atoms with van der Waals surface area (Å²) in [6.07, 6.45) is 2.77. The van der Waals surface area contributed by atoms with Gasteiger partial charge in [0.15, 0.2) is 11.5 Å². The molecule has 2 rings (SSSR count). The molecule has 0 heterocycles. The molecule has 0 bridgehead atoms. The Labute approximate surface area is 148 Å². The van der Waals surface area contributed by atoms with Crippen LogP contribution in [0, 0.1) is 16.0 Å². The minimum absolute atomic E-state index is 0.0601. The summed E-state index contributed by atoms with van der Waals surface area (Å²) in [6, 6.07) is 2.89. The van der Waals surface area contributed by atoms with E-state index in [1.165, 1.54) is 19.2 Å². The van der Waals surface area contributed by atoms with E-state index in [2.05, 4.69) is 13.8 Å².